The highest BCUT2D eigenvalue weighted by Crippen LogP contribution is 2.27. The van der Waals surface area contributed by atoms with E-state index in [0.717, 1.165) is 24.1 Å². The number of hydrogen-bond acceptors (Lipinski definition) is 4. The van der Waals surface area contributed by atoms with Crippen molar-refractivity contribution in [3.05, 3.63) is 23.8 Å². The molecule has 0 spiro atoms. The molecule has 1 aromatic carbocycles. The van der Waals surface area contributed by atoms with Crippen molar-refractivity contribution >= 4 is 11.4 Å². The summed E-state index contributed by atoms with van der Waals surface area (Å²) in [5.74, 6) is 0. The molecule has 1 rings (SSSR count). The summed E-state index contributed by atoms with van der Waals surface area (Å²) in [4.78, 5) is 0. The molecule has 0 aliphatic rings. The van der Waals surface area contributed by atoms with Gasteiger partial charge in [-0.25, -0.2) is 0 Å². The van der Waals surface area contributed by atoms with Crippen molar-refractivity contribution in [3.8, 4) is 6.07 Å². The molecule has 19 heavy (non-hydrogen) atoms. The molecule has 0 atom stereocenters. The Balaban J connectivity index is 2.78. The van der Waals surface area contributed by atoms with Gasteiger partial charge in [0, 0.05) is 23.3 Å². The van der Waals surface area contributed by atoms with Gasteiger partial charge in [0.05, 0.1) is 19.1 Å². The summed E-state index contributed by atoms with van der Waals surface area (Å²) in [5, 5.41) is 21.6. The van der Waals surface area contributed by atoms with Crippen LogP contribution in [0.3, 0.4) is 0 Å². The molecule has 1 aromatic rings. The van der Waals surface area contributed by atoms with Gasteiger partial charge in [0.1, 0.15) is 0 Å². The molecule has 0 amide bonds. The van der Waals surface area contributed by atoms with Crippen LogP contribution in [0.15, 0.2) is 18.2 Å². The second-order valence-corrected chi connectivity index (χ2v) is 4.97. The zero-order valence-electron chi connectivity index (χ0n) is 11.7. The molecular formula is C15H23N3O. The van der Waals surface area contributed by atoms with Gasteiger partial charge in [0.2, 0.25) is 0 Å². The fourth-order valence-corrected chi connectivity index (χ4v) is 2.02. The molecule has 0 saturated carbocycles. The Morgan fingerprint density at radius 3 is 2.58 bits per heavy atom. The van der Waals surface area contributed by atoms with Gasteiger partial charge in [0.15, 0.2) is 0 Å². The van der Waals surface area contributed by atoms with Gasteiger partial charge in [0.25, 0.3) is 0 Å². The van der Waals surface area contributed by atoms with E-state index in [0.29, 0.717) is 18.7 Å². The van der Waals surface area contributed by atoms with E-state index in [4.69, 9.17) is 11.0 Å². The Labute approximate surface area is 115 Å². The fraction of sp³-hybridized carbons (Fsp3) is 0.533. The summed E-state index contributed by atoms with van der Waals surface area (Å²) < 4.78 is 0. The number of nitrogens with zero attached hydrogens (tertiary/aromatic N) is 1. The lowest BCUT2D eigenvalue weighted by Crippen LogP contribution is -2.32. The molecule has 4 heteroatoms. The zero-order valence-corrected chi connectivity index (χ0v) is 11.7. The predicted octanol–water partition coefficient (Wildman–Crippen LogP) is 2.55. The van der Waals surface area contributed by atoms with Gasteiger partial charge in [-0.15, -0.1) is 0 Å². The van der Waals surface area contributed by atoms with Crippen LogP contribution in [0, 0.1) is 16.7 Å². The average Bonchev–Trinajstić information content (AvgIpc) is 2.44. The van der Waals surface area contributed by atoms with Crippen LogP contribution in [0.25, 0.3) is 0 Å². The Kier molecular flexibility index (Phi) is 5.65. The van der Waals surface area contributed by atoms with E-state index >= 15 is 0 Å². The van der Waals surface area contributed by atoms with Gasteiger partial charge in [-0.2, -0.15) is 5.26 Å². The molecule has 0 fully saturated rings. The van der Waals surface area contributed by atoms with Crippen LogP contribution >= 0.6 is 0 Å². The van der Waals surface area contributed by atoms with Crippen LogP contribution in [0.1, 0.15) is 32.3 Å². The zero-order chi connectivity index (χ0) is 14.3. The number of nitrogens with one attached hydrogen (secondary N) is 1. The molecule has 4 N–H and O–H groups in total. The number of anilines is 2. The molecule has 0 bridgehead atoms. The molecule has 0 unspecified atom stereocenters. The highest BCUT2D eigenvalue weighted by Gasteiger charge is 2.24. The van der Waals surface area contributed by atoms with Gasteiger partial charge in [-0.1, -0.05) is 13.8 Å². The maximum atomic E-state index is 9.53. The first kappa shape index (κ1) is 15.3. The van der Waals surface area contributed by atoms with Crippen molar-refractivity contribution < 1.29 is 5.11 Å². The summed E-state index contributed by atoms with van der Waals surface area (Å²) in [6.45, 7) is 5.07. The number of nitrogen functional groups attached to an aromatic ring is 1. The second-order valence-electron chi connectivity index (χ2n) is 4.97. The SMILES string of the molecule is CCC(CC)(CO)CNc1ccc(N)c(CC#N)c1. The summed E-state index contributed by atoms with van der Waals surface area (Å²) in [5.41, 5.74) is 8.16. The van der Waals surface area contributed by atoms with Crippen molar-refractivity contribution in [2.24, 2.45) is 5.41 Å². The number of nitriles is 1. The van der Waals surface area contributed by atoms with Crippen LogP contribution < -0.4 is 11.1 Å². The van der Waals surface area contributed by atoms with Crippen LogP contribution in [0.4, 0.5) is 11.4 Å². The quantitative estimate of drug-likeness (QED) is 0.659. The average molecular weight is 261 g/mol. The molecule has 4 nitrogen and oxygen atoms in total. The summed E-state index contributed by atoms with van der Waals surface area (Å²) in [7, 11) is 0. The molecule has 0 aromatic heterocycles. The third-order valence-corrected chi connectivity index (χ3v) is 3.92. The minimum absolute atomic E-state index is 0.0865. The van der Waals surface area contributed by atoms with Crippen molar-refractivity contribution in [3.63, 3.8) is 0 Å². The van der Waals surface area contributed by atoms with Crippen molar-refractivity contribution in [1.82, 2.24) is 0 Å². The molecule has 0 aliphatic heterocycles. The lowest BCUT2D eigenvalue weighted by atomic mass is 9.83. The van der Waals surface area contributed by atoms with E-state index in [1.165, 1.54) is 0 Å². The van der Waals surface area contributed by atoms with Gasteiger partial charge in [-0.3, -0.25) is 0 Å². The largest absolute Gasteiger partial charge is 0.398 e. The third kappa shape index (κ3) is 3.87. The van der Waals surface area contributed by atoms with Crippen LogP contribution in [-0.2, 0) is 6.42 Å². The first-order valence-corrected chi connectivity index (χ1v) is 6.71. The van der Waals surface area contributed by atoms with Crippen molar-refractivity contribution in [2.45, 2.75) is 33.1 Å². The van der Waals surface area contributed by atoms with Crippen LogP contribution in [-0.4, -0.2) is 18.3 Å². The smallest absolute Gasteiger partial charge is 0.0670 e. The maximum Gasteiger partial charge on any atom is 0.0670 e. The molecular weight excluding hydrogens is 238 g/mol. The third-order valence-electron chi connectivity index (χ3n) is 3.92. The van der Waals surface area contributed by atoms with Crippen LogP contribution in [0.2, 0.25) is 0 Å². The minimum atomic E-state index is -0.0865. The standard InChI is InChI=1S/C15H23N3O/c1-3-15(4-2,11-19)10-18-13-5-6-14(17)12(9-13)7-8-16/h5-6,9,18-19H,3-4,7,10-11,17H2,1-2H3. The Morgan fingerprint density at radius 1 is 1.37 bits per heavy atom. The number of aliphatic hydroxyl groups is 1. The van der Waals surface area contributed by atoms with E-state index in [2.05, 4.69) is 25.2 Å². The first-order valence-electron chi connectivity index (χ1n) is 6.71. The predicted molar refractivity (Wildman–Crippen MR) is 78.8 cm³/mol. The van der Waals surface area contributed by atoms with Gasteiger partial charge >= 0.3 is 0 Å². The van der Waals surface area contributed by atoms with E-state index in [9.17, 15) is 5.11 Å². The molecule has 0 radical (unpaired) electrons. The number of aliphatic hydroxyl groups excluding tert-OH is 1. The first-order chi connectivity index (χ1) is 9.10. The van der Waals surface area contributed by atoms with E-state index in [-0.39, 0.29) is 12.0 Å². The highest BCUT2D eigenvalue weighted by atomic mass is 16.3. The number of benzene rings is 1. The molecule has 104 valence electrons. The molecule has 0 heterocycles. The van der Waals surface area contributed by atoms with Crippen molar-refractivity contribution in [2.75, 3.05) is 24.2 Å². The summed E-state index contributed by atoms with van der Waals surface area (Å²) in [6, 6.07) is 7.74. The number of hydrogen-bond donors (Lipinski definition) is 3. The fourth-order valence-electron chi connectivity index (χ4n) is 2.02. The lowest BCUT2D eigenvalue weighted by Gasteiger charge is -2.30. The second kappa shape index (κ2) is 7.01. The minimum Gasteiger partial charge on any atom is -0.398 e. The van der Waals surface area contributed by atoms with Crippen molar-refractivity contribution in [1.29, 1.82) is 5.26 Å². The Morgan fingerprint density at radius 2 is 2.05 bits per heavy atom. The Hall–Kier alpha value is -1.73. The Bertz CT molecular complexity index is 439. The molecule has 0 aliphatic carbocycles. The summed E-state index contributed by atoms with van der Waals surface area (Å²) >= 11 is 0. The van der Waals surface area contributed by atoms with Crippen LogP contribution in [0.5, 0.6) is 0 Å². The maximum absolute atomic E-state index is 9.53. The normalized spacial score (nSPS) is 11.1. The highest BCUT2D eigenvalue weighted by molar-refractivity contribution is 5.58. The lowest BCUT2D eigenvalue weighted by molar-refractivity contribution is 0.127. The molecule has 0 saturated heterocycles. The monoisotopic (exact) mass is 261 g/mol. The van der Waals surface area contributed by atoms with Gasteiger partial charge < -0.3 is 16.2 Å². The topological polar surface area (TPSA) is 82.1 Å². The van der Waals surface area contributed by atoms with Gasteiger partial charge in [-0.05, 0) is 36.6 Å². The van der Waals surface area contributed by atoms with E-state index in [1.54, 1.807) is 0 Å². The van der Waals surface area contributed by atoms with E-state index in [1.807, 2.05) is 18.2 Å². The number of rotatable bonds is 7. The summed E-state index contributed by atoms with van der Waals surface area (Å²) in [6.07, 6.45) is 2.16. The van der Waals surface area contributed by atoms with E-state index < -0.39 is 0 Å². The number of nitrogens with two attached hydrogens (primary N) is 1.